The molecule has 2 N–H and O–H groups in total. The number of anilines is 1. The van der Waals surface area contributed by atoms with Gasteiger partial charge >= 0.3 is 0 Å². The lowest BCUT2D eigenvalue weighted by Crippen LogP contribution is -2.52. The highest BCUT2D eigenvalue weighted by Gasteiger charge is 2.25. The zero-order chi connectivity index (χ0) is 12.3. The van der Waals surface area contributed by atoms with Gasteiger partial charge in [0.2, 0.25) is 5.91 Å². The molecule has 17 heavy (non-hydrogen) atoms. The van der Waals surface area contributed by atoms with Crippen molar-refractivity contribution in [3.05, 3.63) is 29.8 Å². The summed E-state index contributed by atoms with van der Waals surface area (Å²) in [6.45, 7) is 4.03. The fraction of sp³-hybridized carbons (Fsp3) is 0.462. The molecule has 1 fully saturated rings. The molecule has 0 saturated carbocycles. The molecule has 0 spiro atoms. The molecular weight excluding hydrogens is 214 g/mol. The Bertz CT molecular complexity index is 405. The predicted molar refractivity (Wildman–Crippen MR) is 68.5 cm³/mol. The van der Waals surface area contributed by atoms with E-state index in [1.165, 1.54) is 5.56 Å². The Morgan fingerprint density at radius 2 is 2.24 bits per heavy atom. The molecule has 4 heteroatoms. The molecule has 4 nitrogen and oxygen atoms in total. The number of rotatable bonds is 3. The van der Waals surface area contributed by atoms with Crippen LogP contribution >= 0.6 is 0 Å². The second kappa shape index (κ2) is 5.19. The molecule has 0 bridgehead atoms. The standard InChI is InChI=1S/C13H19N3O/c1-11-4-2-5-12(10-11)15-8-3-6-13(17)16(15)9-7-14/h2,4-5,10H,3,6-9,14H2,1H3. The third-order valence-corrected chi connectivity index (χ3v) is 2.98. The van der Waals surface area contributed by atoms with E-state index in [4.69, 9.17) is 5.73 Å². The van der Waals surface area contributed by atoms with E-state index in [2.05, 4.69) is 19.1 Å². The van der Waals surface area contributed by atoms with Gasteiger partial charge in [0, 0.05) is 19.5 Å². The van der Waals surface area contributed by atoms with Crippen LogP contribution in [0.1, 0.15) is 18.4 Å². The second-order valence-electron chi connectivity index (χ2n) is 4.37. The number of hydrogen-bond acceptors (Lipinski definition) is 3. The van der Waals surface area contributed by atoms with E-state index < -0.39 is 0 Å². The van der Waals surface area contributed by atoms with Gasteiger partial charge in [-0.2, -0.15) is 0 Å². The van der Waals surface area contributed by atoms with Gasteiger partial charge in [0.05, 0.1) is 12.2 Å². The zero-order valence-electron chi connectivity index (χ0n) is 10.2. The van der Waals surface area contributed by atoms with Crippen LogP contribution in [0.15, 0.2) is 24.3 Å². The van der Waals surface area contributed by atoms with E-state index in [1.807, 2.05) is 17.1 Å². The first-order valence-corrected chi connectivity index (χ1v) is 6.07. The van der Waals surface area contributed by atoms with Crippen molar-refractivity contribution in [1.29, 1.82) is 0 Å². The molecule has 1 aromatic rings. The summed E-state index contributed by atoms with van der Waals surface area (Å²) in [5, 5.41) is 3.82. The molecule has 2 rings (SSSR count). The summed E-state index contributed by atoms with van der Waals surface area (Å²) in [5.41, 5.74) is 7.85. The smallest absolute Gasteiger partial charge is 0.241 e. The largest absolute Gasteiger partial charge is 0.329 e. The van der Waals surface area contributed by atoms with E-state index in [0.29, 0.717) is 19.5 Å². The highest BCUT2D eigenvalue weighted by atomic mass is 16.2. The number of hydrogen-bond donors (Lipinski definition) is 1. The Labute approximate surface area is 102 Å². The van der Waals surface area contributed by atoms with E-state index in [1.54, 1.807) is 5.01 Å². The lowest BCUT2D eigenvalue weighted by atomic mass is 10.2. The number of hydrazine groups is 1. The van der Waals surface area contributed by atoms with E-state index in [-0.39, 0.29) is 5.91 Å². The highest BCUT2D eigenvalue weighted by molar-refractivity contribution is 5.79. The molecule has 92 valence electrons. The second-order valence-corrected chi connectivity index (χ2v) is 4.37. The first kappa shape index (κ1) is 11.9. The average Bonchev–Trinajstić information content (AvgIpc) is 2.32. The van der Waals surface area contributed by atoms with Gasteiger partial charge in [0.1, 0.15) is 0 Å². The van der Waals surface area contributed by atoms with Crippen LogP contribution in [0, 0.1) is 6.92 Å². The van der Waals surface area contributed by atoms with Crippen LogP contribution in [0.3, 0.4) is 0 Å². The van der Waals surface area contributed by atoms with Crippen LogP contribution in [-0.2, 0) is 4.79 Å². The van der Waals surface area contributed by atoms with E-state index in [0.717, 1.165) is 18.7 Å². The highest BCUT2D eigenvalue weighted by Crippen LogP contribution is 2.22. The maximum absolute atomic E-state index is 11.9. The number of amides is 1. The Hall–Kier alpha value is -1.55. The van der Waals surface area contributed by atoms with Gasteiger partial charge in [-0.1, -0.05) is 12.1 Å². The summed E-state index contributed by atoms with van der Waals surface area (Å²) in [5.74, 6) is 0.170. The van der Waals surface area contributed by atoms with E-state index >= 15 is 0 Å². The summed E-state index contributed by atoms with van der Waals surface area (Å²) in [6, 6.07) is 8.21. The lowest BCUT2D eigenvalue weighted by molar-refractivity contribution is -0.133. The fourth-order valence-corrected chi connectivity index (χ4v) is 2.19. The van der Waals surface area contributed by atoms with Crippen molar-refractivity contribution in [2.24, 2.45) is 5.73 Å². The Morgan fingerprint density at radius 1 is 1.41 bits per heavy atom. The first-order valence-electron chi connectivity index (χ1n) is 6.07. The molecule has 0 aliphatic carbocycles. The fourth-order valence-electron chi connectivity index (χ4n) is 2.19. The normalized spacial score (nSPS) is 16.5. The first-order chi connectivity index (χ1) is 8.22. The molecule has 1 aliphatic heterocycles. The summed E-state index contributed by atoms with van der Waals surface area (Å²) < 4.78 is 0. The summed E-state index contributed by atoms with van der Waals surface area (Å²) in [7, 11) is 0. The van der Waals surface area contributed by atoms with Crippen LogP contribution in [0.2, 0.25) is 0 Å². The molecule has 0 radical (unpaired) electrons. The van der Waals surface area contributed by atoms with Crippen molar-refractivity contribution < 1.29 is 4.79 Å². The number of benzene rings is 1. The quantitative estimate of drug-likeness (QED) is 0.856. The Kier molecular flexibility index (Phi) is 3.64. The summed E-state index contributed by atoms with van der Waals surface area (Å²) in [6.07, 6.45) is 1.54. The molecule has 0 unspecified atom stereocenters. The molecular formula is C13H19N3O. The SMILES string of the molecule is Cc1cccc(N2CCCC(=O)N2CCN)c1. The number of nitrogens with zero attached hydrogens (tertiary/aromatic N) is 2. The van der Waals surface area contributed by atoms with Crippen LogP contribution in [0.5, 0.6) is 0 Å². The topological polar surface area (TPSA) is 49.6 Å². The number of carbonyl (C=O) groups excluding carboxylic acids is 1. The number of nitrogens with two attached hydrogens (primary N) is 1. The third kappa shape index (κ3) is 2.58. The lowest BCUT2D eigenvalue weighted by Gasteiger charge is -2.40. The van der Waals surface area contributed by atoms with Crippen LogP contribution < -0.4 is 10.7 Å². The van der Waals surface area contributed by atoms with Gasteiger partial charge in [0.15, 0.2) is 0 Å². The molecule has 1 amide bonds. The van der Waals surface area contributed by atoms with Crippen molar-refractivity contribution in [2.45, 2.75) is 19.8 Å². The average molecular weight is 233 g/mol. The molecule has 1 heterocycles. The molecule has 1 saturated heterocycles. The van der Waals surface area contributed by atoms with E-state index in [9.17, 15) is 4.79 Å². The molecule has 0 atom stereocenters. The van der Waals surface area contributed by atoms with Gasteiger partial charge in [-0.15, -0.1) is 0 Å². The maximum atomic E-state index is 11.9. The monoisotopic (exact) mass is 233 g/mol. The van der Waals surface area contributed by atoms with Gasteiger partial charge < -0.3 is 5.73 Å². The molecule has 1 aromatic carbocycles. The van der Waals surface area contributed by atoms with Crippen molar-refractivity contribution in [1.82, 2.24) is 5.01 Å². The predicted octanol–water partition coefficient (Wildman–Crippen LogP) is 1.30. The molecule has 0 aromatic heterocycles. The molecule has 1 aliphatic rings. The number of aryl methyl sites for hydroxylation is 1. The minimum Gasteiger partial charge on any atom is -0.329 e. The van der Waals surface area contributed by atoms with Crippen LogP contribution in [0.25, 0.3) is 0 Å². The minimum atomic E-state index is 0.170. The Balaban J connectivity index is 2.24. The van der Waals surface area contributed by atoms with Crippen LogP contribution in [0.4, 0.5) is 5.69 Å². The summed E-state index contributed by atoms with van der Waals surface area (Å²) in [4.78, 5) is 11.9. The van der Waals surface area contributed by atoms with Crippen molar-refractivity contribution in [3.63, 3.8) is 0 Å². The Morgan fingerprint density at radius 3 is 2.94 bits per heavy atom. The van der Waals surface area contributed by atoms with Crippen LogP contribution in [-0.4, -0.2) is 30.6 Å². The summed E-state index contributed by atoms with van der Waals surface area (Å²) >= 11 is 0. The van der Waals surface area contributed by atoms with Crippen molar-refractivity contribution in [3.8, 4) is 0 Å². The van der Waals surface area contributed by atoms with Gasteiger partial charge in [-0.3, -0.25) is 14.8 Å². The van der Waals surface area contributed by atoms with Gasteiger partial charge in [0.25, 0.3) is 0 Å². The van der Waals surface area contributed by atoms with Gasteiger partial charge in [-0.25, -0.2) is 0 Å². The minimum absolute atomic E-state index is 0.170. The van der Waals surface area contributed by atoms with Crippen molar-refractivity contribution >= 4 is 11.6 Å². The third-order valence-electron chi connectivity index (χ3n) is 2.98. The maximum Gasteiger partial charge on any atom is 0.241 e. The zero-order valence-corrected chi connectivity index (χ0v) is 10.2. The van der Waals surface area contributed by atoms with Gasteiger partial charge in [-0.05, 0) is 31.0 Å². The number of carbonyl (C=O) groups is 1. The van der Waals surface area contributed by atoms with Crippen molar-refractivity contribution in [2.75, 3.05) is 24.6 Å².